The standard InChI is InChI=1S/C11H13ClN2O2S/c1-14-5-4-10(11(14)15)17(16)9-3-2-7(13)6-8(9)12/h2-3,6,10H,4-5,13H2,1H3. The summed E-state index contributed by atoms with van der Waals surface area (Å²) in [5.74, 6) is -0.0868. The van der Waals surface area contributed by atoms with E-state index in [1.165, 1.54) is 0 Å². The zero-order chi connectivity index (χ0) is 12.6. The molecule has 1 fully saturated rings. The summed E-state index contributed by atoms with van der Waals surface area (Å²) < 4.78 is 12.3. The van der Waals surface area contributed by atoms with Crippen LogP contribution in [0.25, 0.3) is 0 Å². The van der Waals surface area contributed by atoms with E-state index >= 15 is 0 Å². The quantitative estimate of drug-likeness (QED) is 0.825. The van der Waals surface area contributed by atoms with Gasteiger partial charge in [0.05, 0.1) is 20.7 Å². The molecule has 2 unspecified atom stereocenters. The highest BCUT2D eigenvalue weighted by Crippen LogP contribution is 2.27. The molecule has 92 valence electrons. The number of rotatable bonds is 2. The molecule has 17 heavy (non-hydrogen) atoms. The number of nitrogens with zero attached hydrogens (tertiary/aromatic N) is 1. The van der Waals surface area contributed by atoms with E-state index in [0.717, 1.165) is 0 Å². The number of hydrogen-bond donors (Lipinski definition) is 1. The summed E-state index contributed by atoms with van der Waals surface area (Å²) in [4.78, 5) is 13.8. The number of nitrogens with two attached hydrogens (primary N) is 1. The van der Waals surface area contributed by atoms with Crippen molar-refractivity contribution < 1.29 is 9.00 Å². The summed E-state index contributed by atoms with van der Waals surface area (Å²) in [6, 6.07) is 4.82. The Kier molecular flexibility index (Phi) is 3.40. The van der Waals surface area contributed by atoms with Crippen LogP contribution in [0.3, 0.4) is 0 Å². The summed E-state index contributed by atoms with van der Waals surface area (Å²) in [6.07, 6.45) is 0.600. The van der Waals surface area contributed by atoms with Crippen molar-refractivity contribution in [3.63, 3.8) is 0 Å². The van der Waals surface area contributed by atoms with Gasteiger partial charge in [-0.25, -0.2) is 0 Å². The molecule has 1 aliphatic rings. The lowest BCUT2D eigenvalue weighted by Gasteiger charge is -2.11. The highest BCUT2D eigenvalue weighted by atomic mass is 35.5. The van der Waals surface area contributed by atoms with Crippen molar-refractivity contribution in [3.05, 3.63) is 23.2 Å². The van der Waals surface area contributed by atoms with Gasteiger partial charge >= 0.3 is 0 Å². The molecular weight excluding hydrogens is 260 g/mol. The van der Waals surface area contributed by atoms with Crippen molar-refractivity contribution in [2.45, 2.75) is 16.6 Å². The fourth-order valence-electron chi connectivity index (χ4n) is 1.82. The van der Waals surface area contributed by atoms with Crippen LogP contribution in [0.15, 0.2) is 23.1 Å². The van der Waals surface area contributed by atoms with Gasteiger partial charge in [0, 0.05) is 19.3 Å². The molecule has 1 aromatic carbocycles. The maximum atomic E-state index is 12.3. The van der Waals surface area contributed by atoms with Gasteiger partial charge in [-0.05, 0) is 24.6 Å². The number of anilines is 1. The molecule has 0 aromatic heterocycles. The Morgan fingerprint density at radius 1 is 1.53 bits per heavy atom. The molecule has 1 saturated heterocycles. The van der Waals surface area contributed by atoms with Crippen LogP contribution in [-0.4, -0.2) is 33.9 Å². The number of nitrogen functional groups attached to an aromatic ring is 1. The highest BCUT2D eigenvalue weighted by Gasteiger charge is 2.35. The third-order valence-electron chi connectivity index (χ3n) is 2.81. The number of benzene rings is 1. The predicted octanol–water partition coefficient (Wildman–Crippen LogP) is 1.26. The third kappa shape index (κ3) is 2.30. The normalized spacial score (nSPS) is 21.9. The monoisotopic (exact) mass is 272 g/mol. The predicted molar refractivity (Wildman–Crippen MR) is 68.3 cm³/mol. The maximum absolute atomic E-state index is 12.3. The van der Waals surface area contributed by atoms with E-state index in [4.69, 9.17) is 17.3 Å². The minimum atomic E-state index is -1.41. The number of likely N-dealkylation sites (tertiary alicyclic amines) is 1. The van der Waals surface area contributed by atoms with Gasteiger partial charge in [-0.3, -0.25) is 9.00 Å². The smallest absolute Gasteiger partial charge is 0.238 e. The van der Waals surface area contributed by atoms with Crippen LogP contribution in [0.4, 0.5) is 5.69 Å². The molecule has 0 saturated carbocycles. The Hall–Kier alpha value is -1.07. The lowest BCUT2D eigenvalue weighted by Crippen LogP contribution is -2.28. The van der Waals surface area contributed by atoms with Crippen molar-refractivity contribution in [3.8, 4) is 0 Å². The molecular formula is C11H13ClN2O2S. The maximum Gasteiger partial charge on any atom is 0.238 e. The van der Waals surface area contributed by atoms with Crippen molar-refractivity contribution in [2.75, 3.05) is 19.3 Å². The van der Waals surface area contributed by atoms with E-state index in [1.54, 1.807) is 30.1 Å². The molecule has 0 bridgehead atoms. The van der Waals surface area contributed by atoms with Crippen molar-refractivity contribution in [2.24, 2.45) is 0 Å². The molecule has 2 rings (SSSR count). The van der Waals surface area contributed by atoms with Crippen molar-refractivity contribution in [1.29, 1.82) is 0 Å². The van der Waals surface area contributed by atoms with Gasteiger partial charge in [-0.1, -0.05) is 11.6 Å². The van der Waals surface area contributed by atoms with Crippen LogP contribution in [0.1, 0.15) is 6.42 Å². The van der Waals surface area contributed by atoms with E-state index < -0.39 is 16.0 Å². The molecule has 2 N–H and O–H groups in total. The van der Waals surface area contributed by atoms with Crippen LogP contribution in [-0.2, 0) is 15.6 Å². The molecule has 1 aliphatic heterocycles. The minimum absolute atomic E-state index is 0.0868. The summed E-state index contributed by atoms with van der Waals surface area (Å²) in [7, 11) is 0.304. The van der Waals surface area contributed by atoms with Gasteiger partial charge in [0.1, 0.15) is 5.25 Å². The zero-order valence-corrected chi connectivity index (χ0v) is 10.9. The molecule has 4 nitrogen and oxygen atoms in total. The van der Waals surface area contributed by atoms with Crippen LogP contribution < -0.4 is 5.73 Å². The average Bonchev–Trinajstić information content (AvgIpc) is 2.59. The minimum Gasteiger partial charge on any atom is -0.399 e. The first-order valence-electron chi connectivity index (χ1n) is 5.21. The fraction of sp³-hybridized carbons (Fsp3) is 0.364. The van der Waals surface area contributed by atoms with E-state index in [1.807, 2.05) is 0 Å². The van der Waals surface area contributed by atoms with Gasteiger partial charge in [0.25, 0.3) is 0 Å². The second-order valence-corrected chi connectivity index (χ2v) is 6.04. The lowest BCUT2D eigenvalue weighted by molar-refractivity contribution is -0.126. The fourth-order valence-corrected chi connectivity index (χ4v) is 3.68. The number of hydrogen-bond acceptors (Lipinski definition) is 3. The average molecular weight is 273 g/mol. The molecule has 6 heteroatoms. The second-order valence-electron chi connectivity index (χ2n) is 4.02. The number of amides is 1. The first kappa shape index (κ1) is 12.4. The zero-order valence-electron chi connectivity index (χ0n) is 9.35. The van der Waals surface area contributed by atoms with Gasteiger partial charge in [0.15, 0.2) is 0 Å². The number of carbonyl (C=O) groups is 1. The Morgan fingerprint density at radius 3 is 2.76 bits per heavy atom. The van der Waals surface area contributed by atoms with E-state index in [0.29, 0.717) is 28.6 Å². The van der Waals surface area contributed by atoms with Crippen LogP contribution in [0, 0.1) is 0 Å². The van der Waals surface area contributed by atoms with Gasteiger partial charge < -0.3 is 10.6 Å². The van der Waals surface area contributed by atoms with Gasteiger partial charge in [-0.15, -0.1) is 0 Å². The van der Waals surface area contributed by atoms with Crippen molar-refractivity contribution in [1.82, 2.24) is 4.90 Å². The molecule has 1 heterocycles. The summed E-state index contributed by atoms with van der Waals surface area (Å²) >= 11 is 5.99. The highest BCUT2D eigenvalue weighted by molar-refractivity contribution is 7.86. The molecule has 1 aromatic rings. The molecule has 2 atom stereocenters. The van der Waals surface area contributed by atoms with Crippen molar-refractivity contribution >= 4 is 34.0 Å². The number of carbonyl (C=O) groups excluding carboxylic acids is 1. The van der Waals surface area contributed by atoms with Gasteiger partial charge in [0.2, 0.25) is 5.91 Å². The second kappa shape index (κ2) is 4.66. The summed E-state index contributed by atoms with van der Waals surface area (Å²) in [5.41, 5.74) is 6.09. The van der Waals surface area contributed by atoms with Crippen LogP contribution in [0.2, 0.25) is 5.02 Å². The van der Waals surface area contributed by atoms with Crippen LogP contribution in [0.5, 0.6) is 0 Å². The van der Waals surface area contributed by atoms with Crippen LogP contribution >= 0.6 is 11.6 Å². The van der Waals surface area contributed by atoms with E-state index in [2.05, 4.69) is 0 Å². The molecule has 0 aliphatic carbocycles. The Morgan fingerprint density at radius 2 is 2.24 bits per heavy atom. The topological polar surface area (TPSA) is 63.4 Å². The molecule has 0 spiro atoms. The van der Waals surface area contributed by atoms with Gasteiger partial charge in [-0.2, -0.15) is 0 Å². The Balaban J connectivity index is 2.29. The Bertz CT molecular complexity index is 492. The van der Waals surface area contributed by atoms with E-state index in [-0.39, 0.29) is 5.91 Å². The lowest BCUT2D eigenvalue weighted by atomic mass is 10.3. The molecule has 0 radical (unpaired) electrons. The largest absolute Gasteiger partial charge is 0.399 e. The molecule has 1 amide bonds. The number of halogens is 1. The summed E-state index contributed by atoms with van der Waals surface area (Å²) in [5, 5.41) is -0.133. The Labute approximate surface area is 107 Å². The first-order valence-corrected chi connectivity index (χ1v) is 6.80. The van der Waals surface area contributed by atoms with E-state index in [9.17, 15) is 9.00 Å². The third-order valence-corrected chi connectivity index (χ3v) is 4.98. The summed E-state index contributed by atoms with van der Waals surface area (Å²) in [6.45, 7) is 0.641. The first-order chi connectivity index (χ1) is 8.00. The SMILES string of the molecule is CN1CCC(S(=O)c2ccc(N)cc2Cl)C1=O.